The van der Waals surface area contributed by atoms with Crippen LogP contribution in [-0.4, -0.2) is 17.6 Å². The highest BCUT2D eigenvalue weighted by molar-refractivity contribution is 14.1. The number of fused-ring (bicyclic) bond motifs is 1. The fraction of sp³-hybridized carbons (Fsp3) is 0.214. The molecule has 0 saturated carbocycles. The Morgan fingerprint density at radius 3 is 2.58 bits per heavy atom. The first kappa shape index (κ1) is 14.6. The monoisotopic (exact) mass is 389 g/mol. The molecular formula is C14H13ClINO2. The molecule has 100 valence electrons. The second-order valence-electron chi connectivity index (χ2n) is 4.33. The van der Waals surface area contributed by atoms with Crippen molar-refractivity contribution in [1.82, 2.24) is 0 Å². The van der Waals surface area contributed by atoms with Crippen molar-refractivity contribution in [1.29, 1.82) is 0 Å². The van der Waals surface area contributed by atoms with E-state index in [0.717, 1.165) is 19.9 Å². The molecular weight excluding hydrogens is 377 g/mol. The van der Waals surface area contributed by atoms with E-state index in [-0.39, 0.29) is 12.3 Å². The standard InChI is InChI=1S/C14H13ClINO2/c15-11-6-12(16)14(8(7-17)5-13(18)19)10-4-2-1-3-9(10)11/h1-4,6,8H,5,7,17H2,(H,18,19). The van der Waals surface area contributed by atoms with Gasteiger partial charge in [0.25, 0.3) is 0 Å². The predicted molar refractivity (Wildman–Crippen MR) is 85.7 cm³/mol. The summed E-state index contributed by atoms with van der Waals surface area (Å²) in [4.78, 5) is 11.0. The van der Waals surface area contributed by atoms with Crippen molar-refractivity contribution < 1.29 is 9.90 Å². The van der Waals surface area contributed by atoms with Crippen LogP contribution in [0.15, 0.2) is 30.3 Å². The van der Waals surface area contributed by atoms with Crippen LogP contribution in [0.2, 0.25) is 5.02 Å². The van der Waals surface area contributed by atoms with Gasteiger partial charge in [0.05, 0.1) is 6.42 Å². The van der Waals surface area contributed by atoms with Crippen molar-refractivity contribution in [3.05, 3.63) is 44.5 Å². The Bertz CT molecular complexity index is 630. The van der Waals surface area contributed by atoms with Gasteiger partial charge in [-0.05, 0) is 46.2 Å². The molecule has 2 aromatic rings. The van der Waals surface area contributed by atoms with Crippen molar-refractivity contribution in [2.24, 2.45) is 5.73 Å². The Balaban J connectivity index is 2.67. The third kappa shape index (κ3) is 3.01. The van der Waals surface area contributed by atoms with Gasteiger partial charge < -0.3 is 10.8 Å². The van der Waals surface area contributed by atoms with Gasteiger partial charge >= 0.3 is 5.97 Å². The summed E-state index contributed by atoms with van der Waals surface area (Å²) >= 11 is 8.42. The third-order valence-electron chi connectivity index (χ3n) is 3.10. The number of nitrogens with two attached hydrogens (primary N) is 1. The van der Waals surface area contributed by atoms with Crippen molar-refractivity contribution in [2.45, 2.75) is 12.3 Å². The highest BCUT2D eigenvalue weighted by Gasteiger charge is 2.20. The molecule has 0 saturated heterocycles. The molecule has 0 aliphatic rings. The van der Waals surface area contributed by atoms with Crippen molar-refractivity contribution in [3.8, 4) is 0 Å². The molecule has 1 atom stereocenters. The first-order valence-electron chi connectivity index (χ1n) is 5.83. The molecule has 0 spiro atoms. The van der Waals surface area contributed by atoms with E-state index in [1.54, 1.807) is 0 Å². The van der Waals surface area contributed by atoms with Crippen LogP contribution in [0.3, 0.4) is 0 Å². The number of hydrogen-bond donors (Lipinski definition) is 2. The maximum Gasteiger partial charge on any atom is 0.304 e. The first-order chi connectivity index (χ1) is 9.04. The van der Waals surface area contributed by atoms with Crippen LogP contribution in [0.1, 0.15) is 17.9 Å². The summed E-state index contributed by atoms with van der Waals surface area (Å²) in [6.45, 7) is 0.300. The number of carboxylic acid groups (broad SMARTS) is 1. The van der Waals surface area contributed by atoms with Crippen LogP contribution in [-0.2, 0) is 4.79 Å². The van der Waals surface area contributed by atoms with Crippen LogP contribution < -0.4 is 5.73 Å². The van der Waals surface area contributed by atoms with Crippen LogP contribution in [0.5, 0.6) is 0 Å². The number of carboxylic acids is 1. The average molecular weight is 390 g/mol. The molecule has 1 unspecified atom stereocenters. The van der Waals surface area contributed by atoms with Crippen LogP contribution in [0.4, 0.5) is 0 Å². The molecule has 0 fully saturated rings. The number of halogens is 2. The summed E-state index contributed by atoms with van der Waals surface area (Å²) in [6, 6.07) is 9.60. The van der Waals surface area contributed by atoms with E-state index >= 15 is 0 Å². The summed E-state index contributed by atoms with van der Waals surface area (Å²) in [5, 5.41) is 11.6. The Kier molecular flexibility index (Phi) is 4.65. The smallest absolute Gasteiger partial charge is 0.304 e. The molecule has 3 N–H and O–H groups in total. The molecule has 0 bridgehead atoms. The van der Waals surface area contributed by atoms with Gasteiger partial charge in [0.2, 0.25) is 0 Å². The van der Waals surface area contributed by atoms with E-state index < -0.39 is 5.97 Å². The molecule has 0 amide bonds. The minimum absolute atomic E-state index is 0.0259. The molecule has 3 nitrogen and oxygen atoms in total. The number of hydrogen-bond acceptors (Lipinski definition) is 2. The van der Waals surface area contributed by atoms with Gasteiger partial charge in [0.15, 0.2) is 0 Å². The topological polar surface area (TPSA) is 63.3 Å². The fourth-order valence-electron chi connectivity index (χ4n) is 2.25. The van der Waals surface area contributed by atoms with Gasteiger partial charge in [-0.2, -0.15) is 0 Å². The van der Waals surface area contributed by atoms with Crippen LogP contribution >= 0.6 is 34.2 Å². The second kappa shape index (κ2) is 6.07. The van der Waals surface area contributed by atoms with Gasteiger partial charge in [0.1, 0.15) is 0 Å². The zero-order chi connectivity index (χ0) is 14.0. The lowest BCUT2D eigenvalue weighted by molar-refractivity contribution is -0.137. The zero-order valence-electron chi connectivity index (χ0n) is 10.1. The molecule has 19 heavy (non-hydrogen) atoms. The van der Waals surface area contributed by atoms with E-state index in [9.17, 15) is 4.79 Å². The largest absolute Gasteiger partial charge is 0.481 e. The van der Waals surface area contributed by atoms with Crippen LogP contribution in [0.25, 0.3) is 10.8 Å². The van der Waals surface area contributed by atoms with Crippen molar-refractivity contribution >= 4 is 50.9 Å². The van der Waals surface area contributed by atoms with E-state index in [4.69, 9.17) is 22.4 Å². The van der Waals surface area contributed by atoms with E-state index in [2.05, 4.69) is 22.6 Å². The molecule has 0 aliphatic carbocycles. The molecule has 2 aromatic carbocycles. The number of carbonyl (C=O) groups is 1. The predicted octanol–water partition coefficient (Wildman–Crippen LogP) is 3.61. The van der Waals surface area contributed by atoms with Gasteiger partial charge in [-0.3, -0.25) is 4.79 Å². The normalized spacial score (nSPS) is 12.6. The molecule has 5 heteroatoms. The summed E-state index contributed by atoms with van der Waals surface area (Å²) in [5.41, 5.74) is 6.73. The number of benzene rings is 2. The number of rotatable bonds is 4. The highest BCUT2D eigenvalue weighted by Crippen LogP contribution is 2.35. The summed E-state index contributed by atoms with van der Waals surface area (Å²) in [6.07, 6.45) is 0.0259. The van der Waals surface area contributed by atoms with Gasteiger partial charge in [0, 0.05) is 19.9 Å². The van der Waals surface area contributed by atoms with E-state index in [1.165, 1.54) is 0 Å². The minimum Gasteiger partial charge on any atom is -0.481 e. The Labute approximate surface area is 129 Å². The molecule has 0 radical (unpaired) electrons. The van der Waals surface area contributed by atoms with E-state index in [0.29, 0.717) is 11.6 Å². The molecule has 0 aromatic heterocycles. The molecule has 2 rings (SSSR count). The fourth-order valence-corrected chi connectivity index (χ4v) is 3.75. The summed E-state index contributed by atoms with van der Waals surface area (Å²) in [5.74, 6) is -1.04. The lowest BCUT2D eigenvalue weighted by Gasteiger charge is -2.18. The highest BCUT2D eigenvalue weighted by atomic mass is 127. The second-order valence-corrected chi connectivity index (χ2v) is 5.90. The minimum atomic E-state index is -0.842. The lowest BCUT2D eigenvalue weighted by atomic mass is 9.91. The average Bonchev–Trinajstić information content (AvgIpc) is 2.37. The maximum atomic E-state index is 11.0. The lowest BCUT2D eigenvalue weighted by Crippen LogP contribution is -2.17. The molecule has 0 heterocycles. The quantitative estimate of drug-likeness (QED) is 0.785. The summed E-state index contributed by atoms with van der Waals surface area (Å²) in [7, 11) is 0. The van der Waals surface area contributed by atoms with Gasteiger partial charge in [-0.1, -0.05) is 35.9 Å². The Morgan fingerprint density at radius 2 is 2.00 bits per heavy atom. The van der Waals surface area contributed by atoms with Gasteiger partial charge in [-0.15, -0.1) is 0 Å². The van der Waals surface area contributed by atoms with E-state index in [1.807, 2.05) is 30.3 Å². The van der Waals surface area contributed by atoms with Gasteiger partial charge in [-0.25, -0.2) is 0 Å². The van der Waals surface area contributed by atoms with Crippen molar-refractivity contribution in [2.75, 3.05) is 6.54 Å². The molecule has 0 aliphatic heterocycles. The zero-order valence-corrected chi connectivity index (χ0v) is 13.0. The summed E-state index contributed by atoms with van der Waals surface area (Å²) < 4.78 is 0.956. The van der Waals surface area contributed by atoms with Crippen molar-refractivity contribution in [3.63, 3.8) is 0 Å². The Hall–Kier alpha value is -0.850. The maximum absolute atomic E-state index is 11.0. The number of aliphatic carboxylic acids is 1. The SMILES string of the molecule is NCC(CC(=O)O)c1c(I)cc(Cl)c2ccccc12. The van der Waals surface area contributed by atoms with Crippen LogP contribution in [0, 0.1) is 3.57 Å². The first-order valence-corrected chi connectivity index (χ1v) is 7.28. The Morgan fingerprint density at radius 1 is 1.37 bits per heavy atom. The third-order valence-corrected chi connectivity index (χ3v) is 4.30.